The fourth-order valence-electron chi connectivity index (χ4n) is 3.84. The van der Waals surface area contributed by atoms with Gasteiger partial charge in [0, 0.05) is 37.7 Å². The Bertz CT molecular complexity index is 1160. The molecule has 0 spiro atoms. The number of aromatic nitrogens is 4. The Hall–Kier alpha value is -2.39. The number of benzene rings is 1. The predicted octanol–water partition coefficient (Wildman–Crippen LogP) is 1.17. The van der Waals surface area contributed by atoms with E-state index in [9.17, 15) is 9.59 Å². The van der Waals surface area contributed by atoms with Crippen LogP contribution in [0.2, 0.25) is 0 Å². The summed E-state index contributed by atoms with van der Waals surface area (Å²) in [5, 5.41) is 0. The van der Waals surface area contributed by atoms with E-state index in [1.807, 2.05) is 28.8 Å². The van der Waals surface area contributed by atoms with E-state index in [4.69, 9.17) is 10.7 Å². The Morgan fingerprint density at radius 2 is 2.04 bits per heavy atom. The van der Waals surface area contributed by atoms with Crippen LogP contribution in [-0.2, 0) is 20.6 Å². The number of aryl methyl sites for hydroxylation is 1. The Labute approximate surface area is 170 Å². The van der Waals surface area contributed by atoms with Crippen molar-refractivity contribution in [1.29, 1.82) is 0 Å². The second-order valence-electron chi connectivity index (χ2n) is 7.35. The van der Waals surface area contributed by atoms with Crippen molar-refractivity contribution < 1.29 is 0 Å². The highest BCUT2D eigenvalue weighted by atomic mass is 79.9. The number of imidazole rings is 1. The van der Waals surface area contributed by atoms with E-state index < -0.39 is 0 Å². The van der Waals surface area contributed by atoms with Crippen LogP contribution in [0.15, 0.2) is 38.3 Å². The third kappa shape index (κ3) is 3.18. The van der Waals surface area contributed by atoms with Crippen LogP contribution in [-0.4, -0.2) is 37.8 Å². The molecule has 1 unspecified atom stereocenters. The third-order valence-corrected chi connectivity index (χ3v) is 5.79. The van der Waals surface area contributed by atoms with Gasteiger partial charge in [0.1, 0.15) is 0 Å². The van der Waals surface area contributed by atoms with Crippen LogP contribution in [0, 0.1) is 0 Å². The molecular formula is C19H23BrN6O2. The number of hydrogen-bond donors (Lipinski definition) is 1. The molecule has 9 heteroatoms. The topological polar surface area (TPSA) is 91.1 Å². The van der Waals surface area contributed by atoms with Crippen LogP contribution in [0.25, 0.3) is 11.2 Å². The van der Waals surface area contributed by atoms with Gasteiger partial charge < -0.3 is 10.6 Å². The van der Waals surface area contributed by atoms with Gasteiger partial charge in [0.25, 0.3) is 5.56 Å². The van der Waals surface area contributed by atoms with Crippen molar-refractivity contribution in [2.75, 3.05) is 18.0 Å². The van der Waals surface area contributed by atoms with E-state index in [1.165, 1.54) is 11.6 Å². The van der Waals surface area contributed by atoms with Crippen LogP contribution in [0.4, 0.5) is 5.95 Å². The van der Waals surface area contributed by atoms with Crippen LogP contribution in [0.5, 0.6) is 0 Å². The molecule has 0 bridgehead atoms. The second-order valence-corrected chi connectivity index (χ2v) is 8.27. The number of hydrogen-bond acceptors (Lipinski definition) is 5. The Morgan fingerprint density at radius 3 is 2.75 bits per heavy atom. The molecular weight excluding hydrogens is 424 g/mol. The first-order valence-electron chi connectivity index (χ1n) is 9.28. The fourth-order valence-corrected chi connectivity index (χ4v) is 4.28. The molecule has 0 aliphatic carbocycles. The highest BCUT2D eigenvalue weighted by molar-refractivity contribution is 9.10. The molecule has 3 heterocycles. The zero-order valence-electron chi connectivity index (χ0n) is 15.9. The molecule has 3 aromatic rings. The number of anilines is 1. The normalized spacial score (nSPS) is 17.4. The van der Waals surface area contributed by atoms with Crippen LogP contribution in [0.3, 0.4) is 0 Å². The van der Waals surface area contributed by atoms with Crippen molar-refractivity contribution in [1.82, 2.24) is 18.7 Å². The lowest BCUT2D eigenvalue weighted by atomic mass is 10.1. The van der Waals surface area contributed by atoms with Crippen LogP contribution < -0.4 is 21.9 Å². The Balaban J connectivity index is 1.96. The molecule has 1 fully saturated rings. The first-order valence-corrected chi connectivity index (χ1v) is 10.1. The summed E-state index contributed by atoms with van der Waals surface area (Å²) in [4.78, 5) is 32.2. The summed E-state index contributed by atoms with van der Waals surface area (Å²) < 4.78 is 5.45. The average molecular weight is 447 g/mol. The molecule has 0 radical (unpaired) electrons. The molecule has 2 aromatic heterocycles. The van der Waals surface area contributed by atoms with Gasteiger partial charge in [-0.2, -0.15) is 4.98 Å². The Kier molecular flexibility index (Phi) is 4.88. The molecule has 28 heavy (non-hydrogen) atoms. The van der Waals surface area contributed by atoms with Gasteiger partial charge in [0.15, 0.2) is 11.2 Å². The second kappa shape index (κ2) is 7.21. The van der Waals surface area contributed by atoms with E-state index in [0.717, 1.165) is 34.0 Å². The molecule has 2 N–H and O–H groups in total. The van der Waals surface area contributed by atoms with Crippen molar-refractivity contribution in [3.63, 3.8) is 0 Å². The number of fused-ring (bicyclic) bond motifs is 1. The summed E-state index contributed by atoms with van der Waals surface area (Å²) in [5.41, 5.74) is 7.32. The van der Waals surface area contributed by atoms with Gasteiger partial charge >= 0.3 is 5.69 Å². The quantitative estimate of drug-likeness (QED) is 0.651. The SMILES string of the molecule is Cn1c(=O)c2c(nc(N3CCCC(N)C3)n2Cc2cccc(Br)c2)n(C)c1=O. The largest absolute Gasteiger partial charge is 0.341 e. The molecule has 1 aliphatic rings. The monoisotopic (exact) mass is 446 g/mol. The average Bonchev–Trinajstić information content (AvgIpc) is 3.04. The molecule has 1 atom stereocenters. The van der Waals surface area contributed by atoms with Gasteiger partial charge in [0.05, 0.1) is 6.54 Å². The van der Waals surface area contributed by atoms with Crippen LogP contribution in [0.1, 0.15) is 18.4 Å². The predicted molar refractivity (Wildman–Crippen MR) is 113 cm³/mol. The maximum Gasteiger partial charge on any atom is 0.332 e. The molecule has 1 aliphatic heterocycles. The van der Waals surface area contributed by atoms with Gasteiger partial charge in [-0.05, 0) is 30.5 Å². The standard InChI is InChI=1S/C19H23BrN6O2/c1-23-16-15(17(27)24(2)19(23)28)26(10-12-5-3-6-13(20)9-12)18(22-16)25-8-4-7-14(21)11-25/h3,5-6,9,14H,4,7-8,10-11,21H2,1-2H3. The Morgan fingerprint density at radius 1 is 1.25 bits per heavy atom. The van der Waals surface area contributed by atoms with Gasteiger partial charge in [-0.1, -0.05) is 28.1 Å². The van der Waals surface area contributed by atoms with Gasteiger partial charge in [-0.25, -0.2) is 4.79 Å². The minimum Gasteiger partial charge on any atom is -0.341 e. The lowest BCUT2D eigenvalue weighted by Gasteiger charge is -2.31. The zero-order valence-corrected chi connectivity index (χ0v) is 17.5. The smallest absolute Gasteiger partial charge is 0.332 e. The van der Waals surface area contributed by atoms with Crippen molar-refractivity contribution >= 4 is 33.0 Å². The van der Waals surface area contributed by atoms with Gasteiger partial charge in [0.2, 0.25) is 5.95 Å². The zero-order chi connectivity index (χ0) is 20.0. The van der Waals surface area contributed by atoms with Crippen molar-refractivity contribution in [2.45, 2.75) is 25.4 Å². The van der Waals surface area contributed by atoms with Gasteiger partial charge in [-0.3, -0.25) is 18.5 Å². The molecule has 4 rings (SSSR count). The highest BCUT2D eigenvalue weighted by Gasteiger charge is 2.25. The van der Waals surface area contributed by atoms with Gasteiger partial charge in [-0.15, -0.1) is 0 Å². The number of nitrogens with two attached hydrogens (primary N) is 1. The molecule has 148 valence electrons. The third-order valence-electron chi connectivity index (χ3n) is 5.30. The summed E-state index contributed by atoms with van der Waals surface area (Å²) in [6, 6.07) is 8.02. The number of piperidine rings is 1. The summed E-state index contributed by atoms with van der Waals surface area (Å²) in [5.74, 6) is 0.684. The first kappa shape index (κ1) is 18.9. The molecule has 1 aromatic carbocycles. The maximum atomic E-state index is 13.0. The van der Waals surface area contributed by atoms with Crippen molar-refractivity contribution in [2.24, 2.45) is 19.8 Å². The summed E-state index contributed by atoms with van der Waals surface area (Å²) in [6.45, 7) is 1.98. The van der Waals surface area contributed by atoms with Crippen molar-refractivity contribution in [3.8, 4) is 0 Å². The lowest BCUT2D eigenvalue weighted by Crippen LogP contribution is -2.44. The number of rotatable bonds is 3. The summed E-state index contributed by atoms with van der Waals surface area (Å²) >= 11 is 3.50. The number of nitrogens with zero attached hydrogens (tertiary/aromatic N) is 5. The lowest BCUT2D eigenvalue weighted by molar-refractivity contribution is 0.495. The van der Waals surface area contributed by atoms with E-state index in [-0.39, 0.29) is 17.3 Å². The first-order chi connectivity index (χ1) is 13.4. The van der Waals surface area contributed by atoms with Crippen molar-refractivity contribution in [3.05, 3.63) is 55.1 Å². The minimum absolute atomic E-state index is 0.0690. The summed E-state index contributed by atoms with van der Waals surface area (Å²) in [7, 11) is 3.14. The molecule has 1 saturated heterocycles. The number of halogens is 1. The van der Waals surface area contributed by atoms with E-state index in [0.29, 0.717) is 30.2 Å². The molecule has 0 saturated carbocycles. The fraction of sp³-hybridized carbons (Fsp3) is 0.421. The highest BCUT2D eigenvalue weighted by Crippen LogP contribution is 2.24. The van der Waals surface area contributed by atoms with E-state index in [1.54, 1.807) is 7.05 Å². The van der Waals surface area contributed by atoms with E-state index >= 15 is 0 Å². The van der Waals surface area contributed by atoms with E-state index in [2.05, 4.69) is 20.8 Å². The van der Waals surface area contributed by atoms with Crippen LogP contribution >= 0.6 is 15.9 Å². The molecule has 8 nitrogen and oxygen atoms in total. The minimum atomic E-state index is -0.383. The maximum absolute atomic E-state index is 13.0. The molecule has 0 amide bonds. The summed E-state index contributed by atoms with van der Waals surface area (Å²) in [6.07, 6.45) is 1.95.